The summed E-state index contributed by atoms with van der Waals surface area (Å²) in [7, 11) is -3.50. The van der Waals surface area contributed by atoms with Crippen LogP contribution in [-0.4, -0.2) is 42.7 Å². The van der Waals surface area contributed by atoms with Gasteiger partial charge in [-0.2, -0.15) is 0 Å². The number of hydrogen-bond acceptors (Lipinski definition) is 7. The number of sulfone groups is 1. The molecule has 2 aromatic rings. The van der Waals surface area contributed by atoms with Crippen LogP contribution in [0.15, 0.2) is 23.1 Å². The van der Waals surface area contributed by atoms with Gasteiger partial charge in [0.15, 0.2) is 15.0 Å². The lowest BCUT2D eigenvalue weighted by molar-refractivity contribution is -0.139. The van der Waals surface area contributed by atoms with Crippen molar-refractivity contribution in [3.05, 3.63) is 28.9 Å². The van der Waals surface area contributed by atoms with Crippen LogP contribution in [0.3, 0.4) is 0 Å². The molecular weight excluding hydrogens is 486 g/mol. The highest BCUT2D eigenvalue weighted by Crippen LogP contribution is 2.39. The average Bonchev–Trinajstić information content (AvgIpc) is 2.99. The van der Waals surface area contributed by atoms with Gasteiger partial charge in [0, 0.05) is 11.7 Å². The molecule has 1 amide bonds. The van der Waals surface area contributed by atoms with E-state index in [4.69, 9.17) is 22.4 Å². The third-order valence-electron chi connectivity index (χ3n) is 5.23. The van der Waals surface area contributed by atoms with E-state index in [9.17, 15) is 18.0 Å². The third kappa shape index (κ3) is 6.99. The number of carboxylic acids is 1. The maximum Gasteiger partial charge on any atom is 0.320 e. The van der Waals surface area contributed by atoms with E-state index in [1.54, 1.807) is 26.8 Å². The third-order valence-corrected chi connectivity index (χ3v) is 7.94. The van der Waals surface area contributed by atoms with Crippen molar-refractivity contribution >= 4 is 49.8 Å². The first-order valence-corrected chi connectivity index (χ1v) is 13.3. The van der Waals surface area contributed by atoms with Gasteiger partial charge < -0.3 is 16.2 Å². The van der Waals surface area contributed by atoms with Crippen molar-refractivity contribution in [3.63, 3.8) is 0 Å². The minimum absolute atomic E-state index is 0.0305. The Hall–Kier alpha value is -2.01. The molecule has 4 N–H and O–H groups in total. The lowest BCUT2D eigenvalue weighted by Crippen LogP contribution is -2.40. The van der Waals surface area contributed by atoms with Gasteiger partial charge in [-0.1, -0.05) is 56.7 Å². The van der Waals surface area contributed by atoms with Crippen LogP contribution in [0.25, 0.3) is 10.4 Å². The predicted molar refractivity (Wildman–Crippen MR) is 131 cm³/mol. The van der Waals surface area contributed by atoms with Crippen molar-refractivity contribution in [1.29, 1.82) is 0 Å². The Morgan fingerprint density at radius 2 is 1.88 bits per heavy atom. The summed E-state index contributed by atoms with van der Waals surface area (Å²) < 4.78 is 24.0. The summed E-state index contributed by atoms with van der Waals surface area (Å²) in [6.45, 7) is 9.12. The zero-order valence-electron chi connectivity index (χ0n) is 19.5. The van der Waals surface area contributed by atoms with E-state index in [1.807, 2.05) is 13.8 Å². The Labute approximate surface area is 203 Å². The number of amides is 1. The van der Waals surface area contributed by atoms with E-state index in [0.717, 1.165) is 11.1 Å². The zero-order chi connectivity index (χ0) is 25.4. The monoisotopic (exact) mass is 515 g/mol. The maximum absolute atomic E-state index is 13.0. The topological polar surface area (TPSA) is 139 Å². The van der Waals surface area contributed by atoms with Crippen molar-refractivity contribution in [2.24, 2.45) is 16.6 Å². The number of aliphatic carboxylic acids is 1. The Bertz CT molecular complexity index is 1170. The standard InChI is InChI=1S/C22H30ClN3O5S2/c1-12-17(13-7-8-14(23)16(9-13)33(6,30)31)32-20(25-12)26-19(29)22(4,5)11-21(2,3)10-15(24)18(27)28/h7-9,15H,10-11,24H2,1-6H3,(H,27,28)(H,25,26,29). The summed E-state index contributed by atoms with van der Waals surface area (Å²) in [5, 5.41) is 12.5. The molecule has 0 saturated heterocycles. The van der Waals surface area contributed by atoms with Crippen LogP contribution in [0.1, 0.15) is 46.2 Å². The Kier molecular flexibility index (Phi) is 8.00. The zero-order valence-corrected chi connectivity index (χ0v) is 21.9. The molecule has 0 aliphatic carbocycles. The first-order chi connectivity index (χ1) is 14.9. The molecular formula is C22H30ClN3O5S2. The van der Waals surface area contributed by atoms with E-state index in [0.29, 0.717) is 22.8 Å². The number of halogens is 1. The number of thiazole rings is 1. The van der Waals surface area contributed by atoms with Gasteiger partial charge >= 0.3 is 5.97 Å². The van der Waals surface area contributed by atoms with Crippen molar-refractivity contribution in [2.75, 3.05) is 11.6 Å². The van der Waals surface area contributed by atoms with Gasteiger partial charge in [-0.25, -0.2) is 13.4 Å². The molecule has 0 spiro atoms. The molecule has 0 fully saturated rings. The van der Waals surface area contributed by atoms with Crippen molar-refractivity contribution in [2.45, 2.75) is 58.4 Å². The summed E-state index contributed by atoms with van der Waals surface area (Å²) in [4.78, 5) is 29.3. The van der Waals surface area contributed by atoms with Gasteiger partial charge in [-0.3, -0.25) is 9.59 Å². The smallest absolute Gasteiger partial charge is 0.320 e. The number of carbonyl (C=O) groups excluding carboxylic acids is 1. The quantitative estimate of drug-likeness (QED) is 0.450. The van der Waals surface area contributed by atoms with Crippen LogP contribution in [0, 0.1) is 17.8 Å². The summed E-state index contributed by atoms with van der Waals surface area (Å²) >= 11 is 7.28. The van der Waals surface area contributed by atoms with E-state index in [1.165, 1.54) is 23.5 Å². The minimum Gasteiger partial charge on any atom is -0.480 e. The van der Waals surface area contributed by atoms with Crippen LogP contribution in [0.5, 0.6) is 0 Å². The number of nitrogens with one attached hydrogen (secondary N) is 1. The predicted octanol–water partition coefficient (Wildman–Crippen LogP) is 4.36. The second kappa shape index (κ2) is 9.69. The number of nitrogens with two attached hydrogens (primary N) is 1. The number of benzene rings is 1. The minimum atomic E-state index is -3.50. The van der Waals surface area contributed by atoms with Crippen LogP contribution < -0.4 is 11.1 Å². The van der Waals surface area contributed by atoms with Gasteiger partial charge in [-0.05, 0) is 42.9 Å². The lowest BCUT2D eigenvalue weighted by atomic mass is 9.71. The Morgan fingerprint density at radius 3 is 2.42 bits per heavy atom. The number of anilines is 1. The first-order valence-electron chi connectivity index (χ1n) is 10.2. The van der Waals surface area contributed by atoms with Gasteiger partial charge in [-0.15, -0.1) is 0 Å². The number of carbonyl (C=O) groups is 2. The fourth-order valence-electron chi connectivity index (χ4n) is 3.94. The van der Waals surface area contributed by atoms with Gasteiger partial charge in [0.05, 0.1) is 20.5 Å². The van der Waals surface area contributed by atoms with E-state index in [-0.39, 0.29) is 22.2 Å². The number of hydrogen-bond donors (Lipinski definition) is 3. The fourth-order valence-corrected chi connectivity index (χ4v) is 6.20. The highest BCUT2D eigenvalue weighted by Gasteiger charge is 2.37. The number of aromatic nitrogens is 1. The second-order valence-corrected chi connectivity index (χ2v) is 13.1. The van der Waals surface area contributed by atoms with Crippen molar-refractivity contribution in [1.82, 2.24) is 4.98 Å². The van der Waals surface area contributed by atoms with Crippen molar-refractivity contribution < 1.29 is 23.1 Å². The first kappa shape index (κ1) is 27.2. The van der Waals surface area contributed by atoms with Gasteiger partial charge in [0.2, 0.25) is 5.91 Å². The summed E-state index contributed by atoms with van der Waals surface area (Å²) in [6.07, 6.45) is 1.74. The van der Waals surface area contributed by atoms with Gasteiger partial charge in [0.25, 0.3) is 0 Å². The highest BCUT2D eigenvalue weighted by molar-refractivity contribution is 7.90. The molecule has 1 aromatic heterocycles. The SMILES string of the molecule is Cc1nc(NC(=O)C(C)(C)CC(C)(C)CC(N)C(=O)O)sc1-c1ccc(Cl)c(S(C)(=O)=O)c1. The molecule has 1 atom stereocenters. The average molecular weight is 516 g/mol. The number of carboxylic acid groups (broad SMARTS) is 1. The molecule has 2 rings (SSSR count). The summed E-state index contributed by atoms with van der Waals surface area (Å²) in [5.41, 5.74) is 5.67. The molecule has 0 aliphatic rings. The summed E-state index contributed by atoms with van der Waals surface area (Å²) in [5.74, 6) is -1.33. The molecule has 0 bridgehead atoms. The number of aryl methyl sites for hydroxylation is 1. The normalized spacial score (nSPS) is 13.6. The van der Waals surface area contributed by atoms with Crippen LogP contribution in [-0.2, 0) is 19.4 Å². The largest absolute Gasteiger partial charge is 0.480 e. The van der Waals surface area contributed by atoms with Crippen LogP contribution in [0.2, 0.25) is 5.02 Å². The summed E-state index contributed by atoms with van der Waals surface area (Å²) in [6, 6.07) is 3.74. The number of nitrogens with zero attached hydrogens (tertiary/aromatic N) is 1. The molecule has 33 heavy (non-hydrogen) atoms. The van der Waals surface area contributed by atoms with Crippen molar-refractivity contribution in [3.8, 4) is 10.4 Å². The van der Waals surface area contributed by atoms with Gasteiger partial charge in [0.1, 0.15) is 6.04 Å². The lowest BCUT2D eigenvalue weighted by Gasteiger charge is -2.34. The molecule has 0 aliphatic heterocycles. The molecule has 182 valence electrons. The Balaban J connectivity index is 2.24. The van der Waals surface area contributed by atoms with Crippen LogP contribution >= 0.6 is 22.9 Å². The molecule has 11 heteroatoms. The molecule has 1 heterocycles. The number of rotatable bonds is 9. The fraction of sp³-hybridized carbons (Fsp3) is 0.500. The molecule has 8 nitrogen and oxygen atoms in total. The van der Waals surface area contributed by atoms with Crippen LogP contribution in [0.4, 0.5) is 5.13 Å². The molecule has 0 radical (unpaired) electrons. The molecule has 1 aromatic carbocycles. The van der Waals surface area contributed by atoms with E-state index in [2.05, 4.69) is 10.3 Å². The molecule has 0 saturated carbocycles. The second-order valence-electron chi connectivity index (χ2n) is 9.68. The molecule has 1 unspecified atom stereocenters. The maximum atomic E-state index is 13.0. The van der Waals surface area contributed by atoms with E-state index >= 15 is 0 Å². The Morgan fingerprint density at radius 1 is 1.27 bits per heavy atom. The van der Waals surface area contributed by atoms with E-state index < -0.39 is 32.7 Å². The highest BCUT2D eigenvalue weighted by atomic mass is 35.5.